The number of carbonyl (C=O) groups excluding carboxylic acids is 1. The SMILES string of the molecule is CC(C)C(CO)NC(=O)c1cnc(Cl)c2ccccc12. The smallest absolute Gasteiger partial charge is 0.253 e. The van der Waals surface area contributed by atoms with E-state index < -0.39 is 0 Å². The monoisotopic (exact) mass is 292 g/mol. The number of amides is 1. The summed E-state index contributed by atoms with van der Waals surface area (Å²) >= 11 is 6.03. The van der Waals surface area contributed by atoms with Gasteiger partial charge in [0.2, 0.25) is 0 Å². The number of nitrogens with zero attached hydrogens (tertiary/aromatic N) is 1. The Morgan fingerprint density at radius 2 is 2.00 bits per heavy atom. The second-order valence-electron chi connectivity index (χ2n) is 5.01. The molecule has 0 fully saturated rings. The summed E-state index contributed by atoms with van der Waals surface area (Å²) in [4.78, 5) is 16.4. The minimum atomic E-state index is -0.281. The van der Waals surface area contributed by atoms with Crippen LogP contribution in [0.3, 0.4) is 0 Å². The van der Waals surface area contributed by atoms with Crippen LogP contribution < -0.4 is 5.32 Å². The Labute approximate surface area is 122 Å². The van der Waals surface area contributed by atoms with E-state index in [2.05, 4.69) is 10.3 Å². The number of aliphatic hydroxyl groups is 1. The third-order valence-corrected chi connectivity index (χ3v) is 3.61. The van der Waals surface area contributed by atoms with Crippen LogP contribution in [0.25, 0.3) is 10.8 Å². The van der Waals surface area contributed by atoms with Gasteiger partial charge in [0.25, 0.3) is 5.91 Å². The highest BCUT2D eigenvalue weighted by Gasteiger charge is 2.18. The summed E-state index contributed by atoms with van der Waals surface area (Å²) in [7, 11) is 0. The number of aromatic nitrogens is 1. The van der Waals surface area contributed by atoms with Crippen LogP contribution in [0.1, 0.15) is 24.2 Å². The number of carbonyl (C=O) groups is 1. The minimum absolute atomic E-state index is 0.0949. The lowest BCUT2D eigenvalue weighted by atomic mass is 10.0. The molecule has 0 saturated heterocycles. The molecule has 1 amide bonds. The van der Waals surface area contributed by atoms with Gasteiger partial charge in [-0.15, -0.1) is 0 Å². The summed E-state index contributed by atoms with van der Waals surface area (Å²) < 4.78 is 0. The predicted molar refractivity (Wildman–Crippen MR) is 79.9 cm³/mol. The maximum Gasteiger partial charge on any atom is 0.253 e. The molecular weight excluding hydrogens is 276 g/mol. The molecule has 0 radical (unpaired) electrons. The highest BCUT2D eigenvalue weighted by molar-refractivity contribution is 6.34. The first-order valence-electron chi connectivity index (χ1n) is 6.49. The van der Waals surface area contributed by atoms with Gasteiger partial charge in [-0.2, -0.15) is 0 Å². The third-order valence-electron chi connectivity index (χ3n) is 3.31. The van der Waals surface area contributed by atoms with Gasteiger partial charge in [-0.05, 0) is 11.3 Å². The van der Waals surface area contributed by atoms with Crippen molar-refractivity contribution < 1.29 is 9.90 Å². The fourth-order valence-corrected chi connectivity index (χ4v) is 2.22. The van der Waals surface area contributed by atoms with Crippen molar-refractivity contribution in [3.8, 4) is 0 Å². The van der Waals surface area contributed by atoms with Gasteiger partial charge in [-0.3, -0.25) is 4.79 Å². The van der Waals surface area contributed by atoms with Crippen LogP contribution in [-0.2, 0) is 0 Å². The molecule has 1 aromatic carbocycles. The highest BCUT2D eigenvalue weighted by atomic mass is 35.5. The Kier molecular flexibility index (Phi) is 4.57. The zero-order chi connectivity index (χ0) is 14.7. The van der Waals surface area contributed by atoms with E-state index in [0.717, 1.165) is 10.8 Å². The molecule has 2 aromatic rings. The molecule has 106 valence electrons. The normalized spacial score (nSPS) is 12.7. The second kappa shape index (κ2) is 6.20. The molecule has 0 bridgehead atoms. The molecule has 0 aliphatic rings. The topological polar surface area (TPSA) is 62.2 Å². The number of fused-ring (bicyclic) bond motifs is 1. The lowest BCUT2D eigenvalue weighted by molar-refractivity contribution is 0.0898. The van der Waals surface area contributed by atoms with Crippen LogP contribution in [0, 0.1) is 5.92 Å². The minimum Gasteiger partial charge on any atom is -0.394 e. The number of hydrogen-bond acceptors (Lipinski definition) is 3. The first-order valence-corrected chi connectivity index (χ1v) is 6.87. The Hall–Kier alpha value is -1.65. The Morgan fingerprint density at radius 3 is 2.60 bits per heavy atom. The number of halogens is 1. The molecule has 1 unspecified atom stereocenters. The average molecular weight is 293 g/mol. The largest absolute Gasteiger partial charge is 0.394 e. The molecule has 0 aliphatic heterocycles. The molecule has 5 heteroatoms. The van der Waals surface area contributed by atoms with Crippen LogP contribution in [0.2, 0.25) is 5.15 Å². The molecule has 0 spiro atoms. The van der Waals surface area contributed by atoms with Crippen LogP contribution in [0.5, 0.6) is 0 Å². The van der Waals surface area contributed by atoms with Gasteiger partial charge in [-0.1, -0.05) is 49.7 Å². The van der Waals surface area contributed by atoms with Crippen molar-refractivity contribution in [2.75, 3.05) is 6.61 Å². The van der Waals surface area contributed by atoms with Gasteiger partial charge in [0.1, 0.15) is 5.15 Å². The molecule has 1 atom stereocenters. The molecule has 2 N–H and O–H groups in total. The summed E-state index contributed by atoms with van der Waals surface area (Å²) in [6.07, 6.45) is 1.47. The lowest BCUT2D eigenvalue weighted by Crippen LogP contribution is -2.41. The highest BCUT2D eigenvalue weighted by Crippen LogP contribution is 2.24. The van der Waals surface area contributed by atoms with Crippen LogP contribution >= 0.6 is 11.6 Å². The molecule has 2 rings (SSSR count). The number of rotatable bonds is 4. The van der Waals surface area contributed by atoms with Crippen molar-refractivity contribution in [3.63, 3.8) is 0 Å². The first kappa shape index (κ1) is 14.8. The van der Waals surface area contributed by atoms with Gasteiger partial charge in [0.15, 0.2) is 0 Å². The van der Waals surface area contributed by atoms with Crippen LogP contribution in [-0.4, -0.2) is 28.6 Å². The fraction of sp³-hybridized carbons (Fsp3) is 0.333. The van der Waals surface area contributed by atoms with Gasteiger partial charge < -0.3 is 10.4 Å². The summed E-state index contributed by atoms with van der Waals surface area (Å²) in [5.41, 5.74) is 0.462. The van der Waals surface area contributed by atoms with E-state index in [4.69, 9.17) is 11.6 Å². The average Bonchev–Trinajstić information content (AvgIpc) is 2.45. The van der Waals surface area contributed by atoms with Crippen molar-refractivity contribution in [2.45, 2.75) is 19.9 Å². The number of nitrogens with one attached hydrogen (secondary N) is 1. The van der Waals surface area contributed by atoms with Crippen LogP contribution in [0.15, 0.2) is 30.5 Å². The number of hydrogen-bond donors (Lipinski definition) is 2. The summed E-state index contributed by atoms with van der Waals surface area (Å²) in [5.74, 6) is -0.103. The molecule has 0 aliphatic carbocycles. The van der Waals surface area contributed by atoms with E-state index >= 15 is 0 Å². The zero-order valence-electron chi connectivity index (χ0n) is 11.4. The summed E-state index contributed by atoms with van der Waals surface area (Å²) in [5, 5.41) is 14.0. The van der Waals surface area contributed by atoms with E-state index in [1.54, 1.807) is 0 Å². The standard InChI is InChI=1S/C15H17ClN2O2/c1-9(2)13(8-19)18-15(20)12-7-17-14(16)11-6-4-3-5-10(11)12/h3-7,9,13,19H,8H2,1-2H3,(H,18,20). The molecule has 20 heavy (non-hydrogen) atoms. The van der Waals surface area contributed by atoms with E-state index in [0.29, 0.717) is 10.7 Å². The van der Waals surface area contributed by atoms with E-state index in [1.165, 1.54) is 6.20 Å². The van der Waals surface area contributed by atoms with E-state index in [-0.39, 0.29) is 24.5 Å². The summed E-state index contributed by atoms with van der Waals surface area (Å²) in [6.45, 7) is 3.79. The number of pyridine rings is 1. The zero-order valence-corrected chi connectivity index (χ0v) is 12.2. The molecule has 1 heterocycles. The number of aliphatic hydroxyl groups excluding tert-OH is 1. The quantitative estimate of drug-likeness (QED) is 0.852. The Balaban J connectivity index is 2.38. The van der Waals surface area contributed by atoms with Crippen molar-refractivity contribution in [1.29, 1.82) is 0 Å². The van der Waals surface area contributed by atoms with Gasteiger partial charge in [0, 0.05) is 11.6 Å². The maximum absolute atomic E-state index is 12.3. The van der Waals surface area contributed by atoms with Crippen molar-refractivity contribution in [3.05, 3.63) is 41.2 Å². The van der Waals surface area contributed by atoms with Crippen LogP contribution in [0.4, 0.5) is 0 Å². The molecule has 1 aromatic heterocycles. The molecule has 4 nitrogen and oxygen atoms in total. The van der Waals surface area contributed by atoms with Crippen molar-refractivity contribution >= 4 is 28.3 Å². The third kappa shape index (κ3) is 2.92. The fourth-order valence-electron chi connectivity index (χ4n) is 2.01. The number of benzene rings is 1. The van der Waals surface area contributed by atoms with Gasteiger partial charge >= 0.3 is 0 Å². The lowest BCUT2D eigenvalue weighted by Gasteiger charge is -2.20. The van der Waals surface area contributed by atoms with Gasteiger partial charge in [-0.25, -0.2) is 4.98 Å². The maximum atomic E-state index is 12.3. The van der Waals surface area contributed by atoms with Gasteiger partial charge in [0.05, 0.1) is 18.2 Å². The van der Waals surface area contributed by atoms with E-state index in [1.807, 2.05) is 38.1 Å². The summed E-state index contributed by atoms with van der Waals surface area (Å²) in [6, 6.07) is 7.08. The van der Waals surface area contributed by atoms with E-state index in [9.17, 15) is 9.90 Å². The van der Waals surface area contributed by atoms with Crippen molar-refractivity contribution in [2.24, 2.45) is 5.92 Å². The van der Waals surface area contributed by atoms with Crippen molar-refractivity contribution in [1.82, 2.24) is 10.3 Å². The Morgan fingerprint density at radius 1 is 1.35 bits per heavy atom. The Bertz CT molecular complexity index is 628. The predicted octanol–water partition coefficient (Wildman–Crippen LogP) is 2.63. The second-order valence-corrected chi connectivity index (χ2v) is 5.37. The first-order chi connectivity index (χ1) is 9.54. The molecular formula is C15H17ClN2O2. The molecule has 0 saturated carbocycles.